The predicted octanol–water partition coefficient (Wildman–Crippen LogP) is 5.63. The highest BCUT2D eigenvalue weighted by atomic mass is 16.6. The summed E-state index contributed by atoms with van der Waals surface area (Å²) in [6.07, 6.45) is 7.30. The van der Waals surface area contributed by atoms with Crippen LogP contribution in [0.25, 0.3) is 11.1 Å². The first-order chi connectivity index (χ1) is 18.6. The molecule has 2 heterocycles. The summed E-state index contributed by atoms with van der Waals surface area (Å²) in [4.78, 5) is 25.0. The highest BCUT2D eigenvalue weighted by Crippen LogP contribution is 2.42. The number of likely N-dealkylation sites (tertiary alicyclic amines) is 1. The number of aliphatic hydroxyl groups is 1. The van der Waals surface area contributed by atoms with Crippen LogP contribution < -0.4 is 10.1 Å². The van der Waals surface area contributed by atoms with Crippen LogP contribution in [-0.2, 0) is 11.2 Å². The highest BCUT2D eigenvalue weighted by molar-refractivity contribution is 5.77. The third-order valence-corrected chi connectivity index (χ3v) is 7.95. The number of aldehydes is 1. The van der Waals surface area contributed by atoms with Crippen LogP contribution in [0.4, 0.5) is 4.79 Å². The summed E-state index contributed by atoms with van der Waals surface area (Å²) in [7, 11) is 1.99. The van der Waals surface area contributed by atoms with Gasteiger partial charge in [0.15, 0.2) is 0 Å². The van der Waals surface area contributed by atoms with Crippen molar-refractivity contribution < 1.29 is 24.2 Å². The van der Waals surface area contributed by atoms with Gasteiger partial charge in [-0.3, -0.25) is 4.79 Å². The number of nitrogens with one attached hydrogen (secondary N) is 1. The molecule has 1 spiro atoms. The molecular weight excluding hydrogens is 492 g/mol. The van der Waals surface area contributed by atoms with E-state index >= 15 is 0 Å². The van der Waals surface area contributed by atoms with Crippen molar-refractivity contribution in [2.75, 3.05) is 26.7 Å². The van der Waals surface area contributed by atoms with E-state index in [2.05, 4.69) is 38.2 Å². The summed E-state index contributed by atoms with van der Waals surface area (Å²) in [6, 6.07) is 14.6. The molecule has 5 rings (SSSR count). The molecule has 0 atom stereocenters. The fourth-order valence-electron chi connectivity index (χ4n) is 5.48. The Labute approximate surface area is 232 Å². The van der Waals surface area contributed by atoms with Gasteiger partial charge in [-0.15, -0.1) is 0 Å². The molecule has 2 aromatic carbocycles. The van der Waals surface area contributed by atoms with Crippen LogP contribution in [0, 0.1) is 5.41 Å². The van der Waals surface area contributed by atoms with Gasteiger partial charge in [0.2, 0.25) is 0 Å². The number of aliphatic hydroxyl groups excluding tert-OH is 1. The summed E-state index contributed by atoms with van der Waals surface area (Å²) in [5.41, 5.74) is 3.82. The van der Waals surface area contributed by atoms with E-state index in [1.54, 1.807) is 4.90 Å². The second-order valence-corrected chi connectivity index (χ2v) is 12.4. The van der Waals surface area contributed by atoms with E-state index in [0.717, 1.165) is 68.1 Å². The van der Waals surface area contributed by atoms with Gasteiger partial charge in [0, 0.05) is 44.0 Å². The van der Waals surface area contributed by atoms with Crippen molar-refractivity contribution in [3.63, 3.8) is 0 Å². The lowest BCUT2D eigenvalue weighted by molar-refractivity contribution is 0.00956. The Balaban J connectivity index is 0.000000333. The molecule has 0 unspecified atom stereocenters. The number of carbonyl (C=O) groups is 2. The Bertz CT molecular complexity index is 1110. The molecular formula is C32H44N2O5. The number of fused-ring (bicyclic) bond motifs is 1. The summed E-state index contributed by atoms with van der Waals surface area (Å²) in [5.74, 6) is 0.937. The molecule has 0 bridgehead atoms. The maximum absolute atomic E-state index is 12.4. The van der Waals surface area contributed by atoms with Gasteiger partial charge < -0.3 is 24.8 Å². The van der Waals surface area contributed by atoms with Crippen molar-refractivity contribution >= 4 is 12.4 Å². The average molecular weight is 537 g/mol. The Morgan fingerprint density at radius 3 is 2.31 bits per heavy atom. The summed E-state index contributed by atoms with van der Waals surface area (Å²) in [6.45, 7) is 7.89. The number of hydrogen-bond donors (Lipinski definition) is 2. The molecule has 1 amide bonds. The van der Waals surface area contributed by atoms with Crippen LogP contribution in [0.2, 0.25) is 0 Å². The van der Waals surface area contributed by atoms with Gasteiger partial charge in [-0.2, -0.15) is 0 Å². The third kappa shape index (κ3) is 7.83. The number of ether oxygens (including phenoxy) is 2. The smallest absolute Gasteiger partial charge is 0.409 e. The van der Waals surface area contributed by atoms with E-state index in [0.29, 0.717) is 31.3 Å². The zero-order valence-electron chi connectivity index (χ0n) is 23.9. The quantitative estimate of drug-likeness (QED) is 0.493. The van der Waals surface area contributed by atoms with Gasteiger partial charge in [-0.25, -0.2) is 4.79 Å². The lowest BCUT2D eigenvalue weighted by atomic mass is 9.86. The summed E-state index contributed by atoms with van der Waals surface area (Å²) < 4.78 is 11.8. The van der Waals surface area contributed by atoms with E-state index in [1.807, 2.05) is 37.4 Å². The van der Waals surface area contributed by atoms with Gasteiger partial charge in [0.1, 0.15) is 17.6 Å². The molecule has 3 aliphatic rings. The first-order valence-electron chi connectivity index (χ1n) is 14.2. The number of carbonyl (C=O) groups excluding carboxylic acids is 2. The minimum Gasteiger partial charge on any atom is -0.487 e. The number of benzene rings is 2. The topological polar surface area (TPSA) is 88.1 Å². The van der Waals surface area contributed by atoms with Gasteiger partial charge in [-0.05, 0) is 67.0 Å². The lowest BCUT2D eigenvalue weighted by Crippen LogP contribution is -2.49. The normalized spacial score (nSPS) is 21.8. The van der Waals surface area contributed by atoms with Gasteiger partial charge in [-0.1, -0.05) is 51.1 Å². The standard InChI is InChI=1S/C25H29NO4.C7H15NO/c1-24(2,3)17-29-23(28)26-12-10-25(11-13-26)15-21-14-20(8-9-22(21)30-25)19-6-4-18(16-27)5-7-19;1-8-6-2-4-7(9)5-3-6/h4-9,14,16H,10-13,15,17H2,1-3H3;6-9H,2-5H2,1H3. The fraction of sp³-hybridized carbons (Fsp3) is 0.562. The van der Waals surface area contributed by atoms with Crippen molar-refractivity contribution in [2.24, 2.45) is 5.41 Å². The Hall–Kier alpha value is -2.90. The second kappa shape index (κ2) is 12.5. The van der Waals surface area contributed by atoms with E-state index in [1.165, 1.54) is 5.56 Å². The molecule has 2 N–H and O–H groups in total. The SMILES string of the molecule is CC(C)(C)COC(=O)N1CCC2(CC1)Cc1cc(-c3ccc(C=O)cc3)ccc1O2.CNC1CCC(O)CC1. The molecule has 7 nitrogen and oxygen atoms in total. The van der Waals surface area contributed by atoms with Crippen molar-refractivity contribution in [3.8, 4) is 16.9 Å². The molecule has 2 aliphatic heterocycles. The van der Waals surface area contributed by atoms with Gasteiger partial charge in [0.05, 0.1) is 12.7 Å². The van der Waals surface area contributed by atoms with Crippen LogP contribution in [0.15, 0.2) is 42.5 Å². The minimum atomic E-state index is -0.233. The monoisotopic (exact) mass is 536 g/mol. The molecule has 0 aromatic heterocycles. The second-order valence-electron chi connectivity index (χ2n) is 12.4. The molecule has 1 aliphatic carbocycles. The van der Waals surface area contributed by atoms with Crippen molar-refractivity contribution in [1.29, 1.82) is 0 Å². The molecule has 1 saturated heterocycles. The molecule has 39 heavy (non-hydrogen) atoms. The van der Waals surface area contributed by atoms with E-state index in [9.17, 15) is 9.59 Å². The summed E-state index contributed by atoms with van der Waals surface area (Å²) in [5, 5.41) is 12.3. The van der Waals surface area contributed by atoms with E-state index in [4.69, 9.17) is 14.6 Å². The third-order valence-electron chi connectivity index (χ3n) is 7.95. The largest absolute Gasteiger partial charge is 0.487 e. The molecule has 2 fully saturated rings. The van der Waals surface area contributed by atoms with Crippen LogP contribution in [0.5, 0.6) is 5.75 Å². The molecule has 1 saturated carbocycles. The summed E-state index contributed by atoms with van der Waals surface area (Å²) >= 11 is 0. The van der Waals surface area contributed by atoms with Crippen LogP contribution in [-0.4, -0.2) is 66.9 Å². The maximum atomic E-state index is 12.4. The number of hydrogen-bond acceptors (Lipinski definition) is 6. The van der Waals surface area contributed by atoms with Crippen LogP contribution in [0.3, 0.4) is 0 Å². The number of rotatable bonds is 4. The first-order valence-corrected chi connectivity index (χ1v) is 14.2. The zero-order chi connectivity index (χ0) is 28.0. The van der Waals surface area contributed by atoms with E-state index in [-0.39, 0.29) is 23.2 Å². The predicted molar refractivity (Wildman–Crippen MR) is 153 cm³/mol. The lowest BCUT2D eigenvalue weighted by Gasteiger charge is -2.38. The number of nitrogens with zero attached hydrogens (tertiary/aromatic N) is 1. The van der Waals surface area contributed by atoms with Crippen molar-refractivity contribution in [2.45, 2.75) is 83.5 Å². The Morgan fingerprint density at radius 2 is 1.72 bits per heavy atom. The molecule has 0 radical (unpaired) electrons. The van der Waals surface area contributed by atoms with E-state index < -0.39 is 0 Å². The Kier molecular flexibility index (Phi) is 9.34. The molecule has 7 heteroatoms. The zero-order valence-corrected chi connectivity index (χ0v) is 23.9. The van der Waals surface area contributed by atoms with Crippen molar-refractivity contribution in [1.82, 2.24) is 10.2 Å². The van der Waals surface area contributed by atoms with Crippen LogP contribution >= 0.6 is 0 Å². The molecule has 212 valence electrons. The molecule has 2 aromatic rings. The number of amides is 1. The Morgan fingerprint density at radius 1 is 1.08 bits per heavy atom. The fourth-order valence-corrected chi connectivity index (χ4v) is 5.48. The van der Waals surface area contributed by atoms with Crippen molar-refractivity contribution in [3.05, 3.63) is 53.6 Å². The number of piperidine rings is 1. The average Bonchev–Trinajstić information content (AvgIpc) is 3.29. The highest BCUT2D eigenvalue weighted by Gasteiger charge is 2.43. The van der Waals surface area contributed by atoms with Gasteiger partial charge >= 0.3 is 6.09 Å². The first kappa shape index (κ1) is 29.1. The van der Waals surface area contributed by atoms with Gasteiger partial charge in [0.25, 0.3) is 0 Å². The maximum Gasteiger partial charge on any atom is 0.409 e. The van der Waals surface area contributed by atoms with Crippen LogP contribution in [0.1, 0.15) is 75.2 Å². The minimum absolute atomic E-state index is 0.0189.